The van der Waals surface area contributed by atoms with Gasteiger partial charge in [0, 0.05) is 23.7 Å². The molecule has 0 bridgehead atoms. The summed E-state index contributed by atoms with van der Waals surface area (Å²) in [4.78, 5) is 24.9. The highest BCUT2D eigenvalue weighted by Gasteiger charge is 2.32. The maximum Gasteiger partial charge on any atom is 0.340 e. The number of hydrogen-bond acceptors (Lipinski definition) is 4. The molecule has 0 saturated heterocycles. The molecule has 124 valence electrons. The number of aromatic hydroxyl groups is 1. The molecule has 3 rings (SSSR count). The Morgan fingerprint density at radius 2 is 2.08 bits per heavy atom. The number of benzene rings is 1. The second kappa shape index (κ2) is 6.35. The standard InChI is InChI=1S/C19H19NO4/c1-3-13(12-8-5-4-6-9-12)15-16(19(23)24-2)14-10-7-11-20(14)18(22)17(15)21/h3-6,8-9,13,21H,1,7,10-11H2,2H3/t13-/m1/s1. The number of esters is 1. The van der Waals surface area contributed by atoms with Gasteiger partial charge in [-0.25, -0.2) is 4.79 Å². The first-order valence-corrected chi connectivity index (χ1v) is 7.84. The van der Waals surface area contributed by atoms with Crippen molar-refractivity contribution >= 4 is 5.97 Å². The van der Waals surface area contributed by atoms with Gasteiger partial charge >= 0.3 is 5.97 Å². The van der Waals surface area contributed by atoms with E-state index in [0.717, 1.165) is 12.0 Å². The quantitative estimate of drug-likeness (QED) is 0.693. The minimum Gasteiger partial charge on any atom is -0.503 e. The van der Waals surface area contributed by atoms with Gasteiger partial charge in [0.2, 0.25) is 0 Å². The van der Waals surface area contributed by atoms with Crippen LogP contribution in [0.1, 0.15) is 39.5 Å². The first-order chi connectivity index (χ1) is 11.6. The zero-order valence-corrected chi connectivity index (χ0v) is 13.5. The van der Waals surface area contributed by atoms with Crippen LogP contribution in [-0.2, 0) is 17.7 Å². The number of methoxy groups -OCH3 is 1. The fourth-order valence-electron chi connectivity index (χ4n) is 3.39. The van der Waals surface area contributed by atoms with Gasteiger partial charge in [0.1, 0.15) is 0 Å². The molecule has 1 N–H and O–H groups in total. The van der Waals surface area contributed by atoms with E-state index < -0.39 is 23.2 Å². The van der Waals surface area contributed by atoms with E-state index in [1.165, 1.54) is 11.7 Å². The summed E-state index contributed by atoms with van der Waals surface area (Å²) in [6.07, 6.45) is 2.99. The van der Waals surface area contributed by atoms with E-state index in [1.54, 1.807) is 6.08 Å². The Hall–Kier alpha value is -2.82. The van der Waals surface area contributed by atoms with E-state index in [9.17, 15) is 14.7 Å². The van der Waals surface area contributed by atoms with Crippen LogP contribution in [0.4, 0.5) is 0 Å². The monoisotopic (exact) mass is 325 g/mol. The molecular formula is C19H19NO4. The Balaban J connectivity index is 2.34. The average Bonchev–Trinajstić information content (AvgIpc) is 3.10. The number of fused-ring (bicyclic) bond motifs is 1. The molecule has 0 saturated carbocycles. The molecule has 1 aliphatic heterocycles. The largest absolute Gasteiger partial charge is 0.503 e. The molecule has 5 heteroatoms. The Bertz CT molecular complexity index is 852. The zero-order valence-electron chi connectivity index (χ0n) is 13.5. The highest BCUT2D eigenvalue weighted by atomic mass is 16.5. The van der Waals surface area contributed by atoms with Crippen LogP contribution in [-0.4, -0.2) is 22.8 Å². The number of carbonyl (C=O) groups is 1. The summed E-state index contributed by atoms with van der Waals surface area (Å²) in [6.45, 7) is 4.33. The number of hydrogen-bond donors (Lipinski definition) is 1. The van der Waals surface area contributed by atoms with Crippen molar-refractivity contribution in [1.82, 2.24) is 4.57 Å². The molecule has 0 aliphatic carbocycles. The van der Waals surface area contributed by atoms with Crippen molar-refractivity contribution in [3.63, 3.8) is 0 Å². The van der Waals surface area contributed by atoms with Gasteiger partial charge in [-0.05, 0) is 18.4 Å². The number of carbonyl (C=O) groups excluding carboxylic acids is 1. The fraction of sp³-hybridized carbons (Fsp3) is 0.263. The molecule has 2 heterocycles. The topological polar surface area (TPSA) is 68.5 Å². The summed E-state index contributed by atoms with van der Waals surface area (Å²) in [7, 11) is 1.30. The van der Waals surface area contributed by atoms with Gasteiger partial charge < -0.3 is 14.4 Å². The molecule has 24 heavy (non-hydrogen) atoms. The summed E-state index contributed by atoms with van der Waals surface area (Å²) in [5.74, 6) is -1.43. The molecule has 1 aromatic heterocycles. The van der Waals surface area contributed by atoms with Gasteiger partial charge in [0.05, 0.1) is 12.7 Å². The first-order valence-electron chi connectivity index (χ1n) is 7.84. The van der Waals surface area contributed by atoms with Crippen LogP contribution in [0, 0.1) is 0 Å². The highest BCUT2D eigenvalue weighted by Crippen LogP contribution is 2.36. The van der Waals surface area contributed by atoms with Crippen LogP contribution < -0.4 is 5.56 Å². The van der Waals surface area contributed by atoms with Crippen LogP contribution in [0.5, 0.6) is 5.75 Å². The Labute approximate surface area is 139 Å². The minimum atomic E-state index is -0.547. The molecule has 1 aromatic carbocycles. The predicted molar refractivity (Wildman–Crippen MR) is 90.5 cm³/mol. The summed E-state index contributed by atoms with van der Waals surface area (Å²) < 4.78 is 6.40. The van der Waals surface area contributed by atoms with Gasteiger partial charge in [-0.1, -0.05) is 36.4 Å². The Morgan fingerprint density at radius 3 is 2.71 bits per heavy atom. The molecular weight excluding hydrogens is 306 g/mol. The maximum absolute atomic E-state index is 12.5. The van der Waals surface area contributed by atoms with E-state index in [-0.39, 0.29) is 11.1 Å². The summed E-state index contributed by atoms with van der Waals surface area (Å²) in [6, 6.07) is 9.35. The third kappa shape index (κ3) is 2.42. The van der Waals surface area contributed by atoms with Crippen LogP contribution in [0.25, 0.3) is 0 Å². The molecule has 2 aromatic rings. The molecule has 0 unspecified atom stereocenters. The summed E-state index contributed by atoms with van der Waals surface area (Å²) in [5.41, 5.74) is 1.56. The van der Waals surface area contributed by atoms with E-state index in [2.05, 4.69) is 6.58 Å². The van der Waals surface area contributed by atoms with Crippen LogP contribution in [0.2, 0.25) is 0 Å². The molecule has 0 amide bonds. The molecule has 1 aliphatic rings. The van der Waals surface area contributed by atoms with E-state index in [4.69, 9.17) is 4.74 Å². The third-order valence-electron chi connectivity index (χ3n) is 4.48. The van der Waals surface area contributed by atoms with E-state index >= 15 is 0 Å². The average molecular weight is 325 g/mol. The van der Waals surface area contributed by atoms with Gasteiger partial charge in [-0.3, -0.25) is 4.79 Å². The van der Waals surface area contributed by atoms with Gasteiger partial charge in [-0.15, -0.1) is 6.58 Å². The SMILES string of the molecule is C=C[C@H](c1ccccc1)c1c(C(=O)OC)c2n(c(=O)c1O)CCC2. The van der Waals surface area contributed by atoms with Crippen molar-refractivity contribution in [2.45, 2.75) is 25.3 Å². The second-order valence-corrected chi connectivity index (χ2v) is 5.76. The van der Waals surface area contributed by atoms with E-state index in [1.807, 2.05) is 30.3 Å². The molecule has 1 atom stereocenters. The fourth-order valence-corrected chi connectivity index (χ4v) is 3.39. The van der Waals surface area contributed by atoms with Crippen molar-refractivity contribution in [3.05, 3.63) is 75.7 Å². The highest BCUT2D eigenvalue weighted by molar-refractivity contribution is 5.93. The summed E-state index contributed by atoms with van der Waals surface area (Å²) in [5, 5.41) is 10.6. The number of allylic oxidation sites excluding steroid dienone is 1. The lowest BCUT2D eigenvalue weighted by Gasteiger charge is -2.21. The number of rotatable bonds is 4. The number of pyridine rings is 1. The normalized spacial score (nSPS) is 14.0. The number of aromatic nitrogens is 1. The maximum atomic E-state index is 12.5. The third-order valence-corrected chi connectivity index (χ3v) is 4.48. The number of ether oxygens (including phenoxy) is 1. The molecule has 0 spiro atoms. The first kappa shape index (κ1) is 16.1. The van der Waals surface area contributed by atoms with Gasteiger partial charge in [0.25, 0.3) is 5.56 Å². The second-order valence-electron chi connectivity index (χ2n) is 5.76. The smallest absolute Gasteiger partial charge is 0.340 e. The van der Waals surface area contributed by atoms with Crippen LogP contribution >= 0.6 is 0 Å². The van der Waals surface area contributed by atoms with Gasteiger partial charge in [-0.2, -0.15) is 0 Å². The molecule has 0 fully saturated rings. The van der Waals surface area contributed by atoms with Crippen LogP contribution in [0.15, 0.2) is 47.8 Å². The zero-order chi connectivity index (χ0) is 17.3. The Morgan fingerprint density at radius 1 is 1.38 bits per heavy atom. The number of nitrogens with zero attached hydrogens (tertiary/aromatic N) is 1. The van der Waals surface area contributed by atoms with Gasteiger partial charge in [0.15, 0.2) is 5.75 Å². The van der Waals surface area contributed by atoms with E-state index in [0.29, 0.717) is 18.7 Å². The molecule has 0 radical (unpaired) electrons. The van der Waals surface area contributed by atoms with Crippen molar-refractivity contribution < 1.29 is 14.6 Å². The lowest BCUT2D eigenvalue weighted by atomic mass is 9.87. The van der Waals surface area contributed by atoms with Crippen molar-refractivity contribution in [2.24, 2.45) is 0 Å². The van der Waals surface area contributed by atoms with Crippen molar-refractivity contribution in [1.29, 1.82) is 0 Å². The Kier molecular flexibility index (Phi) is 4.25. The lowest BCUT2D eigenvalue weighted by molar-refractivity contribution is 0.0596. The van der Waals surface area contributed by atoms with Crippen molar-refractivity contribution in [3.8, 4) is 5.75 Å². The summed E-state index contributed by atoms with van der Waals surface area (Å²) >= 11 is 0. The van der Waals surface area contributed by atoms with Crippen molar-refractivity contribution in [2.75, 3.05) is 7.11 Å². The lowest BCUT2D eigenvalue weighted by Crippen LogP contribution is -2.26. The predicted octanol–water partition coefficient (Wildman–Crippen LogP) is 2.60. The van der Waals surface area contributed by atoms with Crippen LogP contribution in [0.3, 0.4) is 0 Å². The molecule has 5 nitrogen and oxygen atoms in total. The minimum absolute atomic E-state index is 0.279.